The Morgan fingerprint density at radius 3 is 2.81 bits per heavy atom. The van der Waals surface area contributed by atoms with Gasteiger partial charge in [0.1, 0.15) is 11.7 Å². The number of carbonyl (C=O) groups is 3. The van der Waals surface area contributed by atoms with Gasteiger partial charge in [-0.05, 0) is 0 Å². The molecule has 0 aliphatic carbocycles. The fourth-order valence-corrected chi connectivity index (χ4v) is 1.32. The van der Waals surface area contributed by atoms with Gasteiger partial charge in [-0.2, -0.15) is 0 Å². The molecule has 1 fully saturated rings. The van der Waals surface area contributed by atoms with E-state index in [-0.39, 0.29) is 12.1 Å². The highest BCUT2D eigenvalue weighted by atomic mass is 16.2. The summed E-state index contributed by atoms with van der Waals surface area (Å²) >= 11 is 0. The Balaban J connectivity index is 2.03. The highest BCUT2D eigenvalue weighted by molar-refractivity contribution is 6.07. The number of amides is 3. The van der Waals surface area contributed by atoms with Gasteiger partial charge in [-0.3, -0.25) is 24.7 Å². The Hall–Kier alpha value is -2.31. The summed E-state index contributed by atoms with van der Waals surface area (Å²) in [7, 11) is 0. The number of aromatic nitrogens is 2. The van der Waals surface area contributed by atoms with Gasteiger partial charge in [-0.25, -0.2) is 4.98 Å². The molecular weight excluding hydrogens is 212 g/mol. The maximum atomic E-state index is 11.5. The first-order valence-electron chi connectivity index (χ1n) is 4.57. The number of nitrogens with zero attached hydrogens (tertiary/aromatic N) is 2. The Labute approximate surface area is 90.3 Å². The van der Waals surface area contributed by atoms with E-state index in [0.717, 1.165) is 0 Å². The van der Waals surface area contributed by atoms with E-state index < -0.39 is 23.8 Å². The van der Waals surface area contributed by atoms with Crippen molar-refractivity contribution in [1.82, 2.24) is 20.6 Å². The van der Waals surface area contributed by atoms with Crippen molar-refractivity contribution in [1.29, 1.82) is 0 Å². The van der Waals surface area contributed by atoms with E-state index in [9.17, 15) is 14.4 Å². The zero-order valence-electron chi connectivity index (χ0n) is 8.14. The molecule has 1 aliphatic rings. The minimum Gasteiger partial charge on any atom is -0.338 e. The first kappa shape index (κ1) is 10.2. The molecule has 2 rings (SSSR count). The topological polar surface area (TPSA) is 101 Å². The molecule has 7 heteroatoms. The predicted octanol–water partition coefficient (Wildman–Crippen LogP) is -1.38. The van der Waals surface area contributed by atoms with Crippen LogP contribution in [-0.4, -0.2) is 33.7 Å². The molecule has 0 bridgehead atoms. The van der Waals surface area contributed by atoms with Crippen LogP contribution in [0, 0.1) is 0 Å². The second kappa shape index (κ2) is 4.05. The molecule has 0 spiro atoms. The average Bonchev–Trinajstić information content (AvgIpc) is 2.59. The lowest BCUT2D eigenvalue weighted by Gasteiger charge is -2.07. The summed E-state index contributed by atoms with van der Waals surface area (Å²) in [6.45, 7) is 0. The largest absolute Gasteiger partial charge is 0.338 e. The van der Waals surface area contributed by atoms with Crippen molar-refractivity contribution in [2.75, 3.05) is 0 Å². The lowest BCUT2D eigenvalue weighted by Crippen LogP contribution is -2.40. The lowest BCUT2D eigenvalue weighted by atomic mass is 10.2. The van der Waals surface area contributed by atoms with Gasteiger partial charge in [0.25, 0.3) is 5.91 Å². The summed E-state index contributed by atoms with van der Waals surface area (Å²) in [4.78, 5) is 41.1. The second-order valence-corrected chi connectivity index (χ2v) is 3.23. The predicted molar refractivity (Wildman–Crippen MR) is 51.1 cm³/mol. The number of hydrogen-bond donors (Lipinski definition) is 2. The van der Waals surface area contributed by atoms with Gasteiger partial charge in [0.15, 0.2) is 0 Å². The molecule has 3 amide bonds. The van der Waals surface area contributed by atoms with Crippen LogP contribution in [0.5, 0.6) is 0 Å². The minimum absolute atomic E-state index is 0.0369. The fourth-order valence-electron chi connectivity index (χ4n) is 1.32. The summed E-state index contributed by atoms with van der Waals surface area (Å²) in [6, 6.07) is -0.818. The monoisotopic (exact) mass is 220 g/mol. The summed E-state index contributed by atoms with van der Waals surface area (Å²) in [5.41, 5.74) is 0.106. The molecule has 0 radical (unpaired) electrons. The Morgan fingerprint density at radius 1 is 1.44 bits per heavy atom. The quantitative estimate of drug-likeness (QED) is 0.598. The number of imide groups is 1. The van der Waals surface area contributed by atoms with Gasteiger partial charge < -0.3 is 5.32 Å². The van der Waals surface area contributed by atoms with Crippen LogP contribution >= 0.6 is 0 Å². The smallest absolute Gasteiger partial charge is 0.272 e. The SMILES string of the molecule is O=C1CC(NC(=O)c2cnccn2)C(=O)N1. The molecule has 16 heavy (non-hydrogen) atoms. The molecule has 2 N–H and O–H groups in total. The van der Waals surface area contributed by atoms with Crippen molar-refractivity contribution in [2.24, 2.45) is 0 Å². The van der Waals surface area contributed by atoms with Crippen LogP contribution in [0.1, 0.15) is 16.9 Å². The van der Waals surface area contributed by atoms with Crippen LogP contribution < -0.4 is 10.6 Å². The maximum absolute atomic E-state index is 11.5. The average molecular weight is 220 g/mol. The van der Waals surface area contributed by atoms with Gasteiger partial charge in [0.05, 0.1) is 12.6 Å². The van der Waals surface area contributed by atoms with Crippen LogP contribution in [0.3, 0.4) is 0 Å². The fraction of sp³-hybridized carbons (Fsp3) is 0.222. The van der Waals surface area contributed by atoms with Crippen molar-refractivity contribution in [2.45, 2.75) is 12.5 Å². The van der Waals surface area contributed by atoms with Crippen molar-refractivity contribution < 1.29 is 14.4 Å². The Morgan fingerprint density at radius 2 is 2.25 bits per heavy atom. The standard InChI is InChI=1S/C9H8N4O3/c14-7-3-5(8(15)13-7)12-9(16)6-4-10-1-2-11-6/h1-2,4-5H,3H2,(H,12,16)(H,13,14,15). The van der Waals surface area contributed by atoms with E-state index in [4.69, 9.17) is 0 Å². The summed E-state index contributed by atoms with van der Waals surface area (Å²) in [5.74, 6) is -1.42. The summed E-state index contributed by atoms with van der Waals surface area (Å²) < 4.78 is 0. The molecule has 1 unspecified atom stereocenters. The Kier molecular flexibility index (Phi) is 2.59. The molecule has 1 aromatic rings. The minimum atomic E-state index is -0.818. The van der Waals surface area contributed by atoms with Crippen molar-refractivity contribution >= 4 is 17.7 Å². The van der Waals surface area contributed by atoms with Crippen molar-refractivity contribution in [3.05, 3.63) is 24.3 Å². The maximum Gasteiger partial charge on any atom is 0.272 e. The van der Waals surface area contributed by atoms with E-state index >= 15 is 0 Å². The lowest BCUT2D eigenvalue weighted by molar-refractivity contribution is -0.125. The third-order valence-electron chi connectivity index (χ3n) is 2.07. The van der Waals surface area contributed by atoms with Gasteiger partial charge in [0, 0.05) is 12.4 Å². The molecule has 0 saturated carbocycles. The van der Waals surface area contributed by atoms with E-state index in [2.05, 4.69) is 20.6 Å². The first-order chi connectivity index (χ1) is 7.66. The molecule has 1 aliphatic heterocycles. The van der Waals surface area contributed by atoms with E-state index in [1.807, 2.05) is 0 Å². The normalized spacial score (nSPS) is 19.4. The number of hydrogen-bond acceptors (Lipinski definition) is 5. The van der Waals surface area contributed by atoms with Gasteiger partial charge in [-0.1, -0.05) is 0 Å². The highest BCUT2D eigenvalue weighted by Gasteiger charge is 2.32. The first-order valence-corrected chi connectivity index (χ1v) is 4.57. The summed E-state index contributed by atoms with van der Waals surface area (Å²) in [5, 5.41) is 4.50. The molecule has 0 aromatic carbocycles. The van der Waals surface area contributed by atoms with Gasteiger partial charge in [0.2, 0.25) is 11.8 Å². The highest BCUT2D eigenvalue weighted by Crippen LogP contribution is 2.02. The van der Waals surface area contributed by atoms with Crippen molar-refractivity contribution in [3.8, 4) is 0 Å². The van der Waals surface area contributed by atoms with Gasteiger partial charge >= 0.3 is 0 Å². The molecule has 7 nitrogen and oxygen atoms in total. The molecule has 1 atom stereocenters. The van der Waals surface area contributed by atoms with Crippen LogP contribution in [0.2, 0.25) is 0 Å². The number of nitrogens with one attached hydrogen (secondary N) is 2. The van der Waals surface area contributed by atoms with Crippen LogP contribution in [-0.2, 0) is 9.59 Å². The van der Waals surface area contributed by atoms with Crippen LogP contribution in [0.15, 0.2) is 18.6 Å². The van der Waals surface area contributed by atoms with Crippen molar-refractivity contribution in [3.63, 3.8) is 0 Å². The van der Waals surface area contributed by atoms with E-state index in [1.54, 1.807) is 0 Å². The zero-order valence-corrected chi connectivity index (χ0v) is 8.14. The molecule has 2 heterocycles. The number of carbonyl (C=O) groups excluding carboxylic acids is 3. The molecule has 82 valence electrons. The molecular formula is C9H8N4O3. The van der Waals surface area contributed by atoms with Crippen LogP contribution in [0.25, 0.3) is 0 Å². The second-order valence-electron chi connectivity index (χ2n) is 3.23. The number of rotatable bonds is 2. The van der Waals surface area contributed by atoms with Gasteiger partial charge in [-0.15, -0.1) is 0 Å². The summed E-state index contributed by atoms with van der Waals surface area (Å²) in [6.07, 6.45) is 4.05. The zero-order chi connectivity index (χ0) is 11.5. The van der Waals surface area contributed by atoms with E-state index in [1.165, 1.54) is 18.6 Å². The third kappa shape index (κ3) is 2.02. The van der Waals surface area contributed by atoms with Crippen LogP contribution in [0.4, 0.5) is 0 Å². The van der Waals surface area contributed by atoms with E-state index in [0.29, 0.717) is 0 Å². The molecule has 1 saturated heterocycles. The third-order valence-corrected chi connectivity index (χ3v) is 2.07. The molecule has 1 aromatic heterocycles. The Bertz CT molecular complexity index is 445.